The molecule has 1 aliphatic carbocycles. The second kappa shape index (κ2) is 4.85. The second-order valence-corrected chi connectivity index (χ2v) is 5.79. The van der Waals surface area contributed by atoms with Gasteiger partial charge in [0.15, 0.2) is 0 Å². The van der Waals surface area contributed by atoms with Crippen LogP contribution in [0.3, 0.4) is 0 Å². The Hall–Kier alpha value is -0.550. The van der Waals surface area contributed by atoms with Crippen molar-refractivity contribution in [2.24, 2.45) is 5.73 Å². The first-order valence-corrected chi connectivity index (χ1v) is 6.76. The third kappa shape index (κ3) is 2.43. The molecule has 0 atom stereocenters. The van der Waals surface area contributed by atoms with E-state index in [-0.39, 0.29) is 6.54 Å². The minimum Gasteiger partial charge on any atom is -0.330 e. The number of halogens is 4. The molecular weight excluding hydrogens is 307 g/mol. The summed E-state index contributed by atoms with van der Waals surface area (Å²) in [7, 11) is 0. The highest BCUT2D eigenvalue weighted by atomic mass is 79.9. The third-order valence-electron chi connectivity index (χ3n) is 3.81. The van der Waals surface area contributed by atoms with Gasteiger partial charge in [-0.2, -0.15) is 13.2 Å². The van der Waals surface area contributed by atoms with Crippen molar-refractivity contribution in [3.05, 3.63) is 33.8 Å². The van der Waals surface area contributed by atoms with E-state index in [1.165, 1.54) is 0 Å². The first-order chi connectivity index (χ1) is 8.39. The van der Waals surface area contributed by atoms with Gasteiger partial charge in [0.25, 0.3) is 0 Å². The van der Waals surface area contributed by atoms with Gasteiger partial charge in [-0.25, -0.2) is 0 Å². The summed E-state index contributed by atoms with van der Waals surface area (Å²) in [5.74, 6) is 0. The molecule has 2 rings (SSSR count). The average Bonchev–Trinajstić information content (AvgIpc) is 2.77. The number of hydrogen-bond acceptors (Lipinski definition) is 1. The SMILES string of the molecule is NCC1(c2ccc(Br)cc2C(F)(F)F)CCCC1. The van der Waals surface area contributed by atoms with E-state index in [4.69, 9.17) is 5.73 Å². The summed E-state index contributed by atoms with van der Waals surface area (Å²) >= 11 is 3.11. The summed E-state index contributed by atoms with van der Waals surface area (Å²) in [6.07, 6.45) is -0.943. The number of rotatable bonds is 2. The van der Waals surface area contributed by atoms with Crippen molar-refractivity contribution in [3.63, 3.8) is 0 Å². The van der Waals surface area contributed by atoms with Crippen molar-refractivity contribution in [1.82, 2.24) is 0 Å². The summed E-state index contributed by atoms with van der Waals surface area (Å²) in [5.41, 5.74) is 5.09. The molecule has 0 spiro atoms. The van der Waals surface area contributed by atoms with E-state index in [2.05, 4.69) is 15.9 Å². The molecule has 1 saturated carbocycles. The van der Waals surface area contributed by atoms with Gasteiger partial charge in [0.05, 0.1) is 5.56 Å². The lowest BCUT2D eigenvalue weighted by atomic mass is 9.76. The van der Waals surface area contributed by atoms with Gasteiger partial charge >= 0.3 is 6.18 Å². The van der Waals surface area contributed by atoms with Gasteiger partial charge in [0.1, 0.15) is 0 Å². The molecule has 0 heterocycles. The predicted octanol–water partition coefficient (Wildman–Crippen LogP) is 4.24. The monoisotopic (exact) mass is 321 g/mol. The van der Waals surface area contributed by atoms with E-state index in [0.29, 0.717) is 10.0 Å². The summed E-state index contributed by atoms with van der Waals surface area (Å²) in [5, 5.41) is 0. The molecule has 1 aliphatic rings. The van der Waals surface area contributed by atoms with Crippen molar-refractivity contribution < 1.29 is 13.2 Å². The molecular formula is C13H15BrF3N. The Morgan fingerprint density at radius 1 is 1.22 bits per heavy atom. The fourth-order valence-electron chi connectivity index (χ4n) is 2.85. The van der Waals surface area contributed by atoms with Crippen LogP contribution < -0.4 is 5.73 Å². The maximum absolute atomic E-state index is 13.1. The van der Waals surface area contributed by atoms with Crippen molar-refractivity contribution in [2.75, 3.05) is 6.54 Å². The van der Waals surface area contributed by atoms with Crippen LogP contribution in [0.1, 0.15) is 36.8 Å². The molecule has 0 unspecified atom stereocenters. The van der Waals surface area contributed by atoms with E-state index in [0.717, 1.165) is 31.7 Å². The van der Waals surface area contributed by atoms with E-state index in [9.17, 15) is 13.2 Å². The van der Waals surface area contributed by atoms with Gasteiger partial charge in [-0.1, -0.05) is 34.8 Å². The topological polar surface area (TPSA) is 26.0 Å². The number of nitrogens with two attached hydrogens (primary N) is 1. The lowest BCUT2D eigenvalue weighted by Crippen LogP contribution is -2.34. The van der Waals surface area contributed by atoms with Crippen molar-refractivity contribution in [1.29, 1.82) is 0 Å². The van der Waals surface area contributed by atoms with Gasteiger partial charge in [0, 0.05) is 16.4 Å². The molecule has 0 amide bonds. The van der Waals surface area contributed by atoms with Crippen LogP contribution in [0, 0.1) is 0 Å². The molecule has 0 radical (unpaired) electrons. The first kappa shape index (κ1) is 13.9. The summed E-state index contributed by atoms with van der Waals surface area (Å²) in [4.78, 5) is 0. The maximum Gasteiger partial charge on any atom is 0.416 e. The van der Waals surface area contributed by atoms with Crippen molar-refractivity contribution >= 4 is 15.9 Å². The molecule has 1 nitrogen and oxygen atoms in total. The zero-order valence-electron chi connectivity index (χ0n) is 9.86. The Balaban J connectivity index is 2.56. The quantitative estimate of drug-likeness (QED) is 0.866. The number of hydrogen-bond donors (Lipinski definition) is 1. The maximum atomic E-state index is 13.1. The standard InChI is InChI=1S/C13H15BrF3N/c14-9-3-4-10(11(7-9)13(15,16)17)12(8-18)5-1-2-6-12/h3-4,7H,1-2,5-6,8,18H2. The fourth-order valence-corrected chi connectivity index (χ4v) is 3.21. The minimum atomic E-state index is -4.33. The fraction of sp³-hybridized carbons (Fsp3) is 0.538. The number of alkyl halides is 3. The van der Waals surface area contributed by atoms with E-state index >= 15 is 0 Å². The zero-order valence-corrected chi connectivity index (χ0v) is 11.4. The normalized spacial score (nSPS) is 19.2. The Kier molecular flexibility index (Phi) is 3.74. The van der Waals surface area contributed by atoms with Crippen LogP contribution in [-0.4, -0.2) is 6.54 Å². The highest BCUT2D eigenvalue weighted by molar-refractivity contribution is 9.10. The lowest BCUT2D eigenvalue weighted by molar-refractivity contribution is -0.138. The Labute approximate surface area is 113 Å². The van der Waals surface area contributed by atoms with Gasteiger partial charge in [-0.3, -0.25) is 0 Å². The van der Waals surface area contributed by atoms with Crippen LogP contribution in [-0.2, 0) is 11.6 Å². The van der Waals surface area contributed by atoms with E-state index in [1.807, 2.05) is 0 Å². The second-order valence-electron chi connectivity index (χ2n) is 4.88. The summed E-state index contributed by atoms with van der Waals surface area (Å²) < 4.78 is 39.8. The van der Waals surface area contributed by atoms with Crippen molar-refractivity contribution in [2.45, 2.75) is 37.3 Å². The molecule has 1 aromatic carbocycles. The van der Waals surface area contributed by atoms with Crippen LogP contribution in [0.4, 0.5) is 13.2 Å². The predicted molar refractivity (Wildman–Crippen MR) is 68.3 cm³/mol. The van der Waals surface area contributed by atoms with Gasteiger partial charge in [-0.05, 0) is 30.5 Å². The molecule has 18 heavy (non-hydrogen) atoms. The first-order valence-electron chi connectivity index (χ1n) is 5.96. The molecule has 100 valence electrons. The smallest absolute Gasteiger partial charge is 0.330 e. The molecule has 0 saturated heterocycles. The van der Waals surface area contributed by atoms with Gasteiger partial charge in [0.2, 0.25) is 0 Å². The Bertz CT molecular complexity index is 436. The van der Waals surface area contributed by atoms with Crippen molar-refractivity contribution in [3.8, 4) is 0 Å². The molecule has 0 bridgehead atoms. The zero-order chi connectivity index (χ0) is 13.4. The molecule has 5 heteroatoms. The largest absolute Gasteiger partial charge is 0.416 e. The van der Waals surface area contributed by atoms with Crippen LogP contribution in [0.2, 0.25) is 0 Å². The lowest BCUT2D eigenvalue weighted by Gasteiger charge is -2.31. The molecule has 2 N–H and O–H groups in total. The Morgan fingerprint density at radius 3 is 2.33 bits per heavy atom. The van der Waals surface area contributed by atoms with Crippen LogP contribution in [0.15, 0.2) is 22.7 Å². The summed E-state index contributed by atoms with van der Waals surface area (Å²) in [6.45, 7) is 0.276. The van der Waals surface area contributed by atoms with Crippen LogP contribution >= 0.6 is 15.9 Å². The average molecular weight is 322 g/mol. The molecule has 0 aromatic heterocycles. The Morgan fingerprint density at radius 2 is 1.83 bits per heavy atom. The van der Waals surface area contributed by atoms with Gasteiger partial charge in [-0.15, -0.1) is 0 Å². The van der Waals surface area contributed by atoms with Gasteiger partial charge < -0.3 is 5.73 Å². The molecule has 0 aliphatic heterocycles. The van der Waals surface area contributed by atoms with Crippen LogP contribution in [0.5, 0.6) is 0 Å². The van der Waals surface area contributed by atoms with E-state index < -0.39 is 17.2 Å². The van der Waals surface area contributed by atoms with E-state index in [1.54, 1.807) is 12.1 Å². The number of benzene rings is 1. The highest BCUT2D eigenvalue weighted by Gasteiger charge is 2.42. The molecule has 1 fully saturated rings. The minimum absolute atomic E-state index is 0.276. The summed E-state index contributed by atoms with van der Waals surface area (Å²) in [6, 6.07) is 4.40. The highest BCUT2D eigenvalue weighted by Crippen LogP contribution is 2.46. The molecule has 1 aromatic rings. The third-order valence-corrected chi connectivity index (χ3v) is 4.30. The van der Waals surface area contributed by atoms with Crippen LogP contribution in [0.25, 0.3) is 0 Å².